The molecule has 1 fully saturated rings. The summed E-state index contributed by atoms with van der Waals surface area (Å²) in [5, 5.41) is 1.47. The first-order valence-corrected chi connectivity index (χ1v) is 5.20. The largest absolute Gasteiger partial charge is 0.377 e. The summed E-state index contributed by atoms with van der Waals surface area (Å²) in [6, 6.07) is 0.396. The van der Waals surface area contributed by atoms with E-state index in [0.717, 1.165) is 29.8 Å². The van der Waals surface area contributed by atoms with Crippen LogP contribution in [0.2, 0.25) is 5.15 Å². The summed E-state index contributed by atoms with van der Waals surface area (Å²) < 4.78 is 7.31. The second-order valence-electron chi connectivity index (χ2n) is 3.77. The van der Waals surface area contributed by atoms with Crippen molar-refractivity contribution in [1.82, 2.24) is 14.5 Å². The zero-order valence-corrected chi connectivity index (χ0v) is 9.03. The van der Waals surface area contributed by atoms with Crippen molar-refractivity contribution >= 4 is 22.6 Å². The van der Waals surface area contributed by atoms with Gasteiger partial charge < -0.3 is 9.30 Å². The van der Waals surface area contributed by atoms with Crippen molar-refractivity contribution in [2.75, 3.05) is 13.2 Å². The minimum absolute atomic E-state index is 0.396. The fourth-order valence-electron chi connectivity index (χ4n) is 1.89. The first kappa shape index (κ1) is 9.12. The maximum Gasteiger partial charge on any atom is 0.145 e. The smallest absolute Gasteiger partial charge is 0.145 e. The summed E-state index contributed by atoms with van der Waals surface area (Å²) in [5.41, 5.74) is 2.02. The molecular formula is C10H10ClN3O. The fraction of sp³-hybridized carbons (Fsp3) is 0.400. The highest BCUT2D eigenvalue weighted by Crippen LogP contribution is 2.29. The van der Waals surface area contributed by atoms with Gasteiger partial charge in [-0.2, -0.15) is 0 Å². The molecule has 78 valence electrons. The monoisotopic (exact) mass is 223 g/mol. The molecule has 0 amide bonds. The average molecular weight is 224 g/mol. The zero-order chi connectivity index (χ0) is 10.4. The van der Waals surface area contributed by atoms with Gasteiger partial charge in [0.05, 0.1) is 24.6 Å². The Hall–Kier alpha value is -1.13. The Morgan fingerprint density at radius 3 is 2.93 bits per heavy atom. The van der Waals surface area contributed by atoms with Gasteiger partial charge in [0.2, 0.25) is 0 Å². The number of ether oxygens (including phenoxy) is 1. The number of nitrogens with zero attached hydrogens (tertiary/aromatic N) is 3. The van der Waals surface area contributed by atoms with E-state index in [1.54, 1.807) is 0 Å². The van der Waals surface area contributed by atoms with Gasteiger partial charge in [-0.25, -0.2) is 9.97 Å². The van der Waals surface area contributed by atoms with Crippen molar-refractivity contribution < 1.29 is 4.74 Å². The first-order valence-electron chi connectivity index (χ1n) is 4.83. The van der Waals surface area contributed by atoms with E-state index in [0.29, 0.717) is 11.2 Å². The summed E-state index contributed by atoms with van der Waals surface area (Å²) in [7, 11) is 0. The van der Waals surface area contributed by atoms with Crippen LogP contribution in [-0.4, -0.2) is 27.7 Å². The molecule has 0 saturated carbocycles. The summed E-state index contributed by atoms with van der Waals surface area (Å²) in [6.07, 6.45) is 3.57. The van der Waals surface area contributed by atoms with Crippen LogP contribution in [0, 0.1) is 6.92 Å². The van der Waals surface area contributed by atoms with Crippen LogP contribution in [0.4, 0.5) is 0 Å². The third-order valence-electron chi connectivity index (χ3n) is 2.77. The van der Waals surface area contributed by atoms with Crippen molar-refractivity contribution in [2.24, 2.45) is 0 Å². The lowest BCUT2D eigenvalue weighted by atomic mass is 10.2. The third kappa shape index (κ3) is 1.25. The molecule has 0 bridgehead atoms. The number of halogens is 1. The van der Waals surface area contributed by atoms with Gasteiger partial charge in [0.25, 0.3) is 0 Å². The molecule has 3 rings (SSSR count). The molecule has 1 aliphatic heterocycles. The summed E-state index contributed by atoms with van der Waals surface area (Å²) >= 11 is 6.05. The zero-order valence-electron chi connectivity index (χ0n) is 8.27. The lowest BCUT2D eigenvalue weighted by molar-refractivity contribution is -0.0216. The molecule has 0 aliphatic carbocycles. The lowest BCUT2D eigenvalue weighted by Gasteiger charge is -2.27. The van der Waals surface area contributed by atoms with E-state index < -0.39 is 0 Å². The maximum atomic E-state index is 6.05. The first-order chi connectivity index (χ1) is 7.27. The second-order valence-corrected chi connectivity index (χ2v) is 4.13. The highest BCUT2D eigenvalue weighted by molar-refractivity contribution is 6.34. The van der Waals surface area contributed by atoms with Crippen molar-refractivity contribution in [2.45, 2.75) is 13.0 Å². The van der Waals surface area contributed by atoms with Gasteiger partial charge in [0.15, 0.2) is 0 Å². The number of hydrogen-bond donors (Lipinski definition) is 0. The fourth-order valence-corrected chi connectivity index (χ4v) is 2.16. The van der Waals surface area contributed by atoms with Crippen LogP contribution in [0.15, 0.2) is 12.5 Å². The van der Waals surface area contributed by atoms with E-state index in [-0.39, 0.29) is 0 Å². The van der Waals surface area contributed by atoms with Crippen LogP contribution in [0.25, 0.3) is 11.0 Å². The van der Waals surface area contributed by atoms with Gasteiger partial charge in [-0.15, -0.1) is 0 Å². The molecule has 1 aliphatic rings. The van der Waals surface area contributed by atoms with E-state index in [2.05, 4.69) is 20.7 Å². The standard InChI is InChI=1S/C10H10ClN3O/c1-6-2-14(7-3-15-4-7)10-8(6)9(11)12-5-13-10/h2,5,7H,3-4H2,1H3. The number of fused-ring (bicyclic) bond motifs is 1. The molecule has 0 N–H and O–H groups in total. The molecule has 3 heterocycles. The Kier molecular flexibility index (Phi) is 1.94. The van der Waals surface area contributed by atoms with Crippen LogP contribution in [0.5, 0.6) is 0 Å². The molecule has 5 heteroatoms. The molecule has 0 atom stereocenters. The van der Waals surface area contributed by atoms with E-state index in [9.17, 15) is 0 Å². The number of aryl methyl sites for hydroxylation is 1. The number of hydrogen-bond acceptors (Lipinski definition) is 3. The molecule has 15 heavy (non-hydrogen) atoms. The summed E-state index contributed by atoms with van der Waals surface area (Å²) in [5.74, 6) is 0. The topological polar surface area (TPSA) is 39.9 Å². The molecule has 0 spiro atoms. The van der Waals surface area contributed by atoms with Crippen molar-refractivity contribution in [3.63, 3.8) is 0 Å². The highest BCUT2D eigenvalue weighted by atomic mass is 35.5. The molecule has 0 aromatic carbocycles. The third-order valence-corrected chi connectivity index (χ3v) is 3.05. The Bertz CT molecular complexity index is 519. The summed E-state index contributed by atoms with van der Waals surface area (Å²) in [6.45, 7) is 3.53. The molecular weight excluding hydrogens is 214 g/mol. The van der Waals surface area contributed by atoms with Crippen molar-refractivity contribution in [3.8, 4) is 0 Å². The predicted octanol–water partition coefficient (Wildman–Crippen LogP) is 1.96. The Labute approximate surface area is 91.8 Å². The van der Waals surface area contributed by atoms with Crippen molar-refractivity contribution in [1.29, 1.82) is 0 Å². The van der Waals surface area contributed by atoms with E-state index in [1.165, 1.54) is 6.33 Å². The molecule has 0 unspecified atom stereocenters. The Morgan fingerprint density at radius 2 is 2.27 bits per heavy atom. The summed E-state index contributed by atoms with van der Waals surface area (Å²) in [4.78, 5) is 8.27. The van der Waals surface area contributed by atoms with Gasteiger partial charge in [-0.1, -0.05) is 11.6 Å². The molecule has 0 radical (unpaired) electrons. The van der Waals surface area contributed by atoms with Gasteiger partial charge in [0, 0.05) is 6.20 Å². The Morgan fingerprint density at radius 1 is 1.47 bits per heavy atom. The van der Waals surface area contributed by atoms with Crippen LogP contribution in [-0.2, 0) is 4.74 Å². The molecule has 2 aromatic heterocycles. The SMILES string of the molecule is Cc1cn(C2COC2)c2ncnc(Cl)c12. The van der Waals surface area contributed by atoms with E-state index >= 15 is 0 Å². The quantitative estimate of drug-likeness (QED) is 0.694. The molecule has 2 aromatic rings. The lowest BCUT2D eigenvalue weighted by Crippen LogP contribution is -2.30. The second kappa shape index (κ2) is 3.18. The number of aromatic nitrogens is 3. The molecule has 1 saturated heterocycles. The van der Waals surface area contributed by atoms with E-state index in [1.807, 2.05) is 6.92 Å². The predicted molar refractivity (Wildman–Crippen MR) is 57.1 cm³/mol. The van der Waals surface area contributed by atoms with E-state index in [4.69, 9.17) is 16.3 Å². The van der Waals surface area contributed by atoms with Crippen LogP contribution in [0.3, 0.4) is 0 Å². The minimum Gasteiger partial charge on any atom is -0.377 e. The van der Waals surface area contributed by atoms with Crippen molar-refractivity contribution in [3.05, 3.63) is 23.2 Å². The van der Waals surface area contributed by atoms with Crippen LogP contribution >= 0.6 is 11.6 Å². The van der Waals surface area contributed by atoms with Crippen LogP contribution < -0.4 is 0 Å². The molecule has 4 nitrogen and oxygen atoms in total. The van der Waals surface area contributed by atoms with Gasteiger partial charge in [-0.3, -0.25) is 0 Å². The average Bonchev–Trinajstić information content (AvgIpc) is 2.43. The number of rotatable bonds is 1. The van der Waals surface area contributed by atoms with Gasteiger partial charge in [-0.05, 0) is 12.5 Å². The van der Waals surface area contributed by atoms with Gasteiger partial charge in [0.1, 0.15) is 17.1 Å². The Balaban J connectivity index is 2.27. The minimum atomic E-state index is 0.396. The van der Waals surface area contributed by atoms with Gasteiger partial charge >= 0.3 is 0 Å². The maximum absolute atomic E-state index is 6.05. The van der Waals surface area contributed by atoms with Crippen LogP contribution in [0.1, 0.15) is 11.6 Å². The highest BCUT2D eigenvalue weighted by Gasteiger charge is 2.23. The normalized spacial score (nSPS) is 16.9.